The number of amides is 1. The number of fused-ring (bicyclic) bond motifs is 1. The molecular formula is C11H12N2O2. The van der Waals surface area contributed by atoms with Crippen molar-refractivity contribution in [3.8, 4) is 0 Å². The second kappa shape index (κ2) is 3.47. The van der Waals surface area contributed by atoms with E-state index >= 15 is 0 Å². The first-order valence-corrected chi connectivity index (χ1v) is 4.73. The SMILES string of the molecule is CN1CC(=O)c2c(cccc2C(N)=O)C1. The summed E-state index contributed by atoms with van der Waals surface area (Å²) < 4.78 is 0. The van der Waals surface area contributed by atoms with Crippen LogP contribution in [-0.2, 0) is 6.54 Å². The molecule has 1 aliphatic rings. The largest absolute Gasteiger partial charge is 0.366 e. The molecule has 0 saturated heterocycles. The summed E-state index contributed by atoms with van der Waals surface area (Å²) in [5, 5.41) is 0. The molecule has 0 aromatic heterocycles. The molecule has 4 heteroatoms. The van der Waals surface area contributed by atoms with Crippen LogP contribution in [0.15, 0.2) is 18.2 Å². The van der Waals surface area contributed by atoms with Crippen LogP contribution in [0.3, 0.4) is 0 Å². The quantitative estimate of drug-likeness (QED) is 0.720. The number of Topliss-reactive ketones (excluding diaryl/α,β-unsaturated/α-hetero) is 1. The number of carbonyl (C=O) groups is 2. The summed E-state index contributed by atoms with van der Waals surface area (Å²) >= 11 is 0. The number of rotatable bonds is 1. The lowest BCUT2D eigenvalue weighted by molar-refractivity contribution is 0.0908. The molecule has 78 valence electrons. The molecule has 4 nitrogen and oxygen atoms in total. The Bertz CT molecular complexity index is 440. The summed E-state index contributed by atoms with van der Waals surface area (Å²) in [5.74, 6) is -0.571. The van der Waals surface area contributed by atoms with Gasteiger partial charge < -0.3 is 5.73 Å². The molecule has 0 bridgehead atoms. The van der Waals surface area contributed by atoms with E-state index in [-0.39, 0.29) is 5.78 Å². The van der Waals surface area contributed by atoms with Gasteiger partial charge in [-0.1, -0.05) is 12.1 Å². The number of nitrogens with two attached hydrogens (primary N) is 1. The maximum atomic E-state index is 11.8. The van der Waals surface area contributed by atoms with Gasteiger partial charge in [0.05, 0.1) is 12.1 Å². The number of carbonyl (C=O) groups excluding carboxylic acids is 2. The Labute approximate surface area is 87.7 Å². The predicted molar refractivity (Wildman–Crippen MR) is 55.6 cm³/mol. The Morgan fingerprint density at radius 1 is 1.40 bits per heavy atom. The van der Waals surface area contributed by atoms with E-state index in [1.807, 2.05) is 18.0 Å². The fourth-order valence-corrected chi connectivity index (χ4v) is 1.94. The molecule has 2 N–H and O–H groups in total. The predicted octanol–water partition coefficient (Wildman–Crippen LogP) is 0.414. The van der Waals surface area contributed by atoms with Gasteiger partial charge in [-0.05, 0) is 18.7 Å². The van der Waals surface area contributed by atoms with Crippen molar-refractivity contribution in [1.82, 2.24) is 4.90 Å². The van der Waals surface area contributed by atoms with Crippen LogP contribution >= 0.6 is 0 Å². The summed E-state index contributed by atoms with van der Waals surface area (Å²) in [6, 6.07) is 5.21. The molecule has 0 spiro atoms. The molecule has 0 saturated carbocycles. The van der Waals surface area contributed by atoms with Crippen LogP contribution in [0, 0.1) is 0 Å². The van der Waals surface area contributed by atoms with E-state index in [4.69, 9.17) is 5.73 Å². The van der Waals surface area contributed by atoms with Gasteiger partial charge >= 0.3 is 0 Å². The summed E-state index contributed by atoms with van der Waals surface area (Å²) in [4.78, 5) is 24.8. The van der Waals surface area contributed by atoms with Gasteiger partial charge in [-0.3, -0.25) is 14.5 Å². The van der Waals surface area contributed by atoms with E-state index in [0.29, 0.717) is 24.2 Å². The topological polar surface area (TPSA) is 63.4 Å². The first-order chi connectivity index (χ1) is 7.09. The Balaban J connectivity index is 2.59. The van der Waals surface area contributed by atoms with E-state index in [1.54, 1.807) is 12.1 Å². The second-order valence-corrected chi connectivity index (χ2v) is 3.80. The molecule has 2 rings (SSSR count). The minimum atomic E-state index is -0.537. The Morgan fingerprint density at radius 3 is 2.80 bits per heavy atom. The van der Waals surface area contributed by atoms with E-state index < -0.39 is 5.91 Å². The smallest absolute Gasteiger partial charge is 0.249 e. The number of benzene rings is 1. The Morgan fingerprint density at radius 2 is 2.13 bits per heavy atom. The van der Waals surface area contributed by atoms with Crippen molar-refractivity contribution in [1.29, 1.82) is 0 Å². The molecular weight excluding hydrogens is 192 g/mol. The van der Waals surface area contributed by atoms with E-state index in [1.165, 1.54) is 0 Å². The number of ketones is 1. The third kappa shape index (κ3) is 1.64. The molecule has 0 radical (unpaired) electrons. The molecule has 15 heavy (non-hydrogen) atoms. The highest BCUT2D eigenvalue weighted by molar-refractivity contribution is 6.09. The van der Waals surface area contributed by atoms with Crippen LogP contribution in [0.4, 0.5) is 0 Å². The van der Waals surface area contributed by atoms with Crippen molar-refractivity contribution in [3.63, 3.8) is 0 Å². The van der Waals surface area contributed by atoms with Crippen molar-refractivity contribution >= 4 is 11.7 Å². The first kappa shape index (κ1) is 9.86. The average Bonchev–Trinajstić information content (AvgIpc) is 2.16. The Kier molecular flexibility index (Phi) is 2.28. The van der Waals surface area contributed by atoms with Gasteiger partial charge in [0.25, 0.3) is 0 Å². The van der Waals surface area contributed by atoms with Crippen molar-refractivity contribution < 1.29 is 9.59 Å². The average molecular weight is 204 g/mol. The van der Waals surface area contributed by atoms with Gasteiger partial charge in [-0.2, -0.15) is 0 Å². The van der Waals surface area contributed by atoms with E-state index in [0.717, 1.165) is 5.56 Å². The molecule has 0 aliphatic carbocycles. The molecule has 1 aromatic carbocycles. The second-order valence-electron chi connectivity index (χ2n) is 3.80. The molecule has 1 amide bonds. The maximum absolute atomic E-state index is 11.8. The van der Waals surface area contributed by atoms with Gasteiger partial charge in [-0.25, -0.2) is 0 Å². The highest BCUT2D eigenvalue weighted by atomic mass is 16.1. The normalized spacial score (nSPS) is 16.2. The zero-order valence-electron chi connectivity index (χ0n) is 8.49. The zero-order valence-corrected chi connectivity index (χ0v) is 8.49. The van der Waals surface area contributed by atoms with Crippen LogP contribution in [0.2, 0.25) is 0 Å². The summed E-state index contributed by atoms with van der Waals surface area (Å²) in [6.07, 6.45) is 0. The van der Waals surface area contributed by atoms with Crippen LogP contribution in [0.5, 0.6) is 0 Å². The van der Waals surface area contributed by atoms with Gasteiger partial charge in [0, 0.05) is 12.1 Å². The van der Waals surface area contributed by atoms with Crippen molar-refractivity contribution in [3.05, 3.63) is 34.9 Å². The van der Waals surface area contributed by atoms with Crippen LogP contribution in [0.25, 0.3) is 0 Å². The number of nitrogens with zero attached hydrogens (tertiary/aromatic N) is 1. The van der Waals surface area contributed by atoms with Gasteiger partial charge in [-0.15, -0.1) is 0 Å². The molecule has 1 aliphatic heterocycles. The lowest BCUT2D eigenvalue weighted by Gasteiger charge is -2.24. The van der Waals surface area contributed by atoms with E-state index in [2.05, 4.69) is 0 Å². The number of primary amides is 1. The van der Waals surface area contributed by atoms with Gasteiger partial charge in [0.1, 0.15) is 0 Å². The monoisotopic (exact) mass is 204 g/mol. The standard InChI is InChI=1S/C11H12N2O2/c1-13-5-7-3-2-4-8(11(12)15)10(7)9(14)6-13/h2-4H,5-6H2,1H3,(H2,12,15). The summed E-state index contributed by atoms with van der Waals surface area (Å²) in [5.41, 5.74) is 6.95. The minimum Gasteiger partial charge on any atom is -0.366 e. The fraction of sp³-hybridized carbons (Fsp3) is 0.273. The third-order valence-corrected chi connectivity index (χ3v) is 2.55. The number of hydrogen-bond donors (Lipinski definition) is 1. The molecule has 0 unspecified atom stereocenters. The zero-order chi connectivity index (χ0) is 11.0. The van der Waals surface area contributed by atoms with Gasteiger partial charge in [0.15, 0.2) is 5.78 Å². The number of likely N-dealkylation sites (N-methyl/N-ethyl adjacent to an activating group) is 1. The lowest BCUT2D eigenvalue weighted by Crippen LogP contribution is -2.34. The number of hydrogen-bond acceptors (Lipinski definition) is 3. The minimum absolute atomic E-state index is 0.0341. The lowest BCUT2D eigenvalue weighted by atomic mass is 9.93. The first-order valence-electron chi connectivity index (χ1n) is 4.73. The van der Waals surface area contributed by atoms with Crippen molar-refractivity contribution in [2.24, 2.45) is 5.73 Å². The highest BCUT2D eigenvalue weighted by Gasteiger charge is 2.24. The highest BCUT2D eigenvalue weighted by Crippen LogP contribution is 2.21. The molecule has 0 atom stereocenters. The van der Waals surface area contributed by atoms with Crippen LogP contribution in [0.1, 0.15) is 26.3 Å². The van der Waals surface area contributed by atoms with Crippen LogP contribution < -0.4 is 5.73 Å². The van der Waals surface area contributed by atoms with Crippen molar-refractivity contribution in [2.75, 3.05) is 13.6 Å². The Hall–Kier alpha value is -1.68. The third-order valence-electron chi connectivity index (χ3n) is 2.55. The fourth-order valence-electron chi connectivity index (χ4n) is 1.94. The van der Waals surface area contributed by atoms with E-state index in [9.17, 15) is 9.59 Å². The molecule has 1 heterocycles. The maximum Gasteiger partial charge on any atom is 0.249 e. The molecule has 1 aromatic rings. The summed E-state index contributed by atoms with van der Waals surface area (Å²) in [7, 11) is 1.87. The van der Waals surface area contributed by atoms with Gasteiger partial charge in [0.2, 0.25) is 5.91 Å². The molecule has 0 fully saturated rings. The van der Waals surface area contributed by atoms with Crippen LogP contribution in [-0.4, -0.2) is 30.2 Å². The van der Waals surface area contributed by atoms with Crippen molar-refractivity contribution in [2.45, 2.75) is 6.54 Å². The summed E-state index contributed by atoms with van der Waals surface area (Å²) in [6.45, 7) is 1.03.